The molecule has 0 radical (unpaired) electrons. The first kappa shape index (κ1) is 14.0. The smallest absolute Gasteiger partial charge is 0.338 e. The van der Waals surface area contributed by atoms with E-state index in [9.17, 15) is 9.18 Å². The Morgan fingerprint density at radius 3 is 2.75 bits per heavy atom. The van der Waals surface area contributed by atoms with Crippen molar-refractivity contribution >= 4 is 11.7 Å². The number of aryl methyl sites for hydroxylation is 2. The number of esters is 1. The fourth-order valence-electron chi connectivity index (χ4n) is 1.83. The zero-order valence-corrected chi connectivity index (χ0v) is 11.4. The number of carbonyl (C=O) groups excluding carboxylic acids is 1. The van der Waals surface area contributed by atoms with E-state index in [1.54, 1.807) is 11.7 Å². The Morgan fingerprint density at radius 1 is 1.40 bits per heavy atom. The summed E-state index contributed by atoms with van der Waals surface area (Å²) in [5.41, 5.74) is 7.47. The van der Waals surface area contributed by atoms with Crippen LogP contribution in [0.25, 0.3) is 0 Å². The first-order chi connectivity index (χ1) is 9.49. The third kappa shape index (κ3) is 3.14. The molecule has 6 heteroatoms. The summed E-state index contributed by atoms with van der Waals surface area (Å²) in [4.78, 5) is 11.8. The SMILES string of the molecule is CCc1cc(COC(=O)c2cc(N)cc(F)c2)n(C)n1. The summed E-state index contributed by atoms with van der Waals surface area (Å²) in [5.74, 6) is -1.18. The third-order valence-corrected chi connectivity index (χ3v) is 2.90. The summed E-state index contributed by atoms with van der Waals surface area (Å²) in [6.45, 7) is 2.08. The van der Waals surface area contributed by atoms with Crippen LogP contribution >= 0.6 is 0 Å². The summed E-state index contributed by atoms with van der Waals surface area (Å²) >= 11 is 0. The van der Waals surface area contributed by atoms with Gasteiger partial charge in [0.15, 0.2) is 0 Å². The normalized spacial score (nSPS) is 10.6. The van der Waals surface area contributed by atoms with Crippen LogP contribution < -0.4 is 5.73 Å². The number of hydrogen-bond acceptors (Lipinski definition) is 4. The van der Waals surface area contributed by atoms with Gasteiger partial charge in [-0.15, -0.1) is 0 Å². The van der Waals surface area contributed by atoms with E-state index in [0.717, 1.165) is 29.9 Å². The van der Waals surface area contributed by atoms with Crippen molar-refractivity contribution in [3.63, 3.8) is 0 Å². The maximum Gasteiger partial charge on any atom is 0.338 e. The van der Waals surface area contributed by atoms with Gasteiger partial charge < -0.3 is 10.5 Å². The Kier molecular flexibility index (Phi) is 4.02. The fourth-order valence-corrected chi connectivity index (χ4v) is 1.83. The van der Waals surface area contributed by atoms with Crippen molar-refractivity contribution in [2.75, 3.05) is 5.73 Å². The van der Waals surface area contributed by atoms with Gasteiger partial charge in [0.25, 0.3) is 0 Å². The third-order valence-electron chi connectivity index (χ3n) is 2.90. The predicted octanol–water partition coefficient (Wildman–Crippen LogP) is 2.06. The molecule has 0 saturated carbocycles. The molecule has 0 unspecified atom stereocenters. The second-order valence-electron chi connectivity index (χ2n) is 4.45. The second-order valence-corrected chi connectivity index (χ2v) is 4.45. The number of carbonyl (C=O) groups is 1. The van der Waals surface area contributed by atoms with Crippen molar-refractivity contribution in [1.82, 2.24) is 9.78 Å². The molecule has 0 saturated heterocycles. The Bertz CT molecular complexity index is 617. The number of rotatable bonds is 4. The van der Waals surface area contributed by atoms with Crippen molar-refractivity contribution < 1.29 is 13.9 Å². The molecular weight excluding hydrogens is 261 g/mol. The Morgan fingerprint density at radius 2 is 2.15 bits per heavy atom. The fraction of sp³-hybridized carbons (Fsp3) is 0.286. The molecule has 1 aromatic carbocycles. The van der Waals surface area contributed by atoms with Crippen LogP contribution in [0.2, 0.25) is 0 Å². The lowest BCUT2D eigenvalue weighted by Gasteiger charge is -2.06. The van der Waals surface area contributed by atoms with Gasteiger partial charge >= 0.3 is 5.97 Å². The van der Waals surface area contributed by atoms with Gasteiger partial charge in [0.2, 0.25) is 0 Å². The number of ether oxygens (including phenoxy) is 1. The number of aromatic nitrogens is 2. The summed E-state index contributed by atoms with van der Waals surface area (Å²) in [5, 5.41) is 4.25. The van der Waals surface area contributed by atoms with Crippen molar-refractivity contribution in [3.05, 3.63) is 47.0 Å². The average molecular weight is 277 g/mol. The van der Waals surface area contributed by atoms with Crippen LogP contribution in [0.5, 0.6) is 0 Å². The molecule has 106 valence electrons. The van der Waals surface area contributed by atoms with Crippen molar-refractivity contribution in [3.8, 4) is 0 Å². The average Bonchev–Trinajstić information content (AvgIpc) is 2.75. The Hall–Kier alpha value is -2.37. The summed E-state index contributed by atoms with van der Waals surface area (Å²) < 4.78 is 20.0. The van der Waals surface area contributed by atoms with E-state index in [0.29, 0.717) is 0 Å². The lowest BCUT2D eigenvalue weighted by atomic mass is 10.2. The molecule has 2 aromatic rings. The number of nitrogens with zero attached hydrogens (tertiary/aromatic N) is 2. The molecular formula is C14H16FN3O2. The van der Waals surface area contributed by atoms with Crippen molar-refractivity contribution in [1.29, 1.82) is 0 Å². The van der Waals surface area contributed by atoms with Gasteiger partial charge in [0, 0.05) is 12.7 Å². The lowest BCUT2D eigenvalue weighted by molar-refractivity contribution is 0.0463. The molecule has 2 rings (SSSR count). The highest BCUT2D eigenvalue weighted by molar-refractivity contribution is 5.90. The van der Waals surface area contributed by atoms with E-state index in [4.69, 9.17) is 10.5 Å². The monoisotopic (exact) mass is 277 g/mol. The van der Waals surface area contributed by atoms with E-state index in [2.05, 4.69) is 5.10 Å². The Balaban J connectivity index is 2.06. The number of nitrogens with two attached hydrogens (primary N) is 1. The predicted molar refractivity (Wildman–Crippen MR) is 72.5 cm³/mol. The van der Waals surface area contributed by atoms with Gasteiger partial charge in [0.05, 0.1) is 17.0 Å². The minimum absolute atomic E-state index is 0.0821. The molecule has 20 heavy (non-hydrogen) atoms. The minimum atomic E-state index is -0.615. The van der Waals surface area contributed by atoms with Crippen molar-refractivity contribution in [2.24, 2.45) is 7.05 Å². The highest BCUT2D eigenvalue weighted by Gasteiger charge is 2.11. The molecule has 0 fully saturated rings. The lowest BCUT2D eigenvalue weighted by Crippen LogP contribution is -2.08. The number of halogens is 1. The standard InChI is InChI=1S/C14H16FN3O2/c1-3-12-7-13(18(2)17-12)8-20-14(19)9-4-10(15)6-11(16)5-9/h4-7H,3,8,16H2,1-2H3. The molecule has 0 bridgehead atoms. The highest BCUT2D eigenvalue weighted by atomic mass is 19.1. The van der Waals surface area contributed by atoms with Gasteiger partial charge in [-0.1, -0.05) is 6.92 Å². The van der Waals surface area contributed by atoms with Crippen LogP contribution in [0, 0.1) is 5.82 Å². The zero-order chi connectivity index (χ0) is 14.7. The van der Waals surface area contributed by atoms with Gasteiger partial charge in [0.1, 0.15) is 12.4 Å². The first-order valence-corrected chi connectivity index (χ1v) is 6.24. The van der Waals surface area contributed by atoms with Crippen LogP contribution in [-0.4, -0.2) is 15.7 Å². The van der Waals surface area contributed by atoms with E-state index < -0.39 is 11.8 Å². The molecule has 2 N–H and O–H groups in total. The highest BCUT2D eigenvalue weighted by Crippen LogP contribution is 2.13. The summed E-state index contributed by atoms with van der Waals surface area (Å²) in [6.07, 6.45) is 0.808. The number of anilines is 1. The van der Waals surface area contributed by atoms with E-state index in [-0.39, 0.29) is 17.9 Å². The molecule has 0 aliphatic rings. The molecule has 5 nitrogen and oxygen atoms in total. The molecule has 0 amide bonds. The molecule has 0 spiro atoms. The number of benzene rings is 1. The maximum atomic E-state index is 13.2. The van der Waals surface area contributed by atoms with Crippen LogP contribution in [0.3, 0.4) is 0 Å². The van der Waals surface area contributed by atoms with E-state index >= 15 is 0 Å². The summed E-state index contributed by atoms with van der Waals surface area (Å²) in [7, 11) is 1.78. The number of hydrogen-bond donors (Lipinski definition) is 1. The molecule has 0 aliphatic heterocycles. The molecule has 0 aliphatic carbocycles. The maximum absolute atomic E-state index is 13.2. The second kappa shape index (κ2) is 5.73. The van der Waals surface area contributed by atoms with Crippen molar-refractivity contribution in [2.45, 2.75) is 20.0 Å². The molecule has 0 atom stereocenters. The molecule has 1 heterocycles. The van der Waals surface area contributed by atoms with Gasteiger partial charge in [-0.2, -0.15) is 5.10 Å². The van der Waals surface area contributed by atoms with Crippen LogP contribution in [0.1, 0.15) is 28.7 Å². The molecule has 1 aromatic heterocycles. The largest absolute Gasteiger partial charge is 0.456 e. The topological polar surface area (TPSA) is 70.1 Å². The van der Waals surface area contributed by atoms with Crippen LogP contribution in [0.15, 0.2) is 24.3 Å². The number of nitrogen functional groups attached to an aromatic ring is 1. The van der Waals surface area contributed by atoms with Crippen LogP contribution in [-0.2, 0) is 24.8 Å². The first-order valence-electron chi connectivity index (χ1n) is 6.24. The van der Waals surface area contributed by atoms with Crippen LogP contribution in [0.4, 0.5) is 10.1 Å². The summed E-state index contributed by atoms with van der Waals surface area (Å²) in [6, 6.07) is 5.49. The van der Waals surface area contributed by atoms with Gasteiger partial charge in [-0.3, -0.25) is 4.68 Å². The van der Waals surface area contributed by atoms with E-state index in [1.807, 2.05) is 13.0 Å². The quantitative estimate of drug-likeness (QED) is 0.686. The minimum Gasteiger partial charge on any atom is -0.456 e. The zero-order valence-electron chi connectivity index (χ0n) is 11.4. The van der Waals surface area contributed by atoms with E-state index in [1.165, 1.54) is 6.07 Å². The van der Waals surface area contributed by atoms with Gasteiger partial charge in [-0.25, -0.2) is 9.18 Å². The Labute approximate surface area is 116 Å². The van der Waals surface area contributed by atoms with Gasteiger partial charge in [-0.05, 0) is 30.7 Å².